The highest BCUT2D eigenvalue weighted by Crippen LogP contribution is 2.21. The van der Waals surface area contributed by atoms with E-state index in [-0.39, 0.29) is 5.84 Å². The van der Waals surface area contributed by atoms with Gasteiger partial charge in [-0.15, -0.1) is 0 Å². The normalized spacial score (nSPS) is 11.1. The SMILES string of the molecule is CC(C)CN(CCN(C)C)c1ccccc1C(=N)N. The Kier molecular flexibility index (Phi) is 5.83. The number of nitrogens with two attached hydrogens (primary N) is 1. The van der Waals surface area contributed by atoms with E-state index in [0.29, 0.717) is 5.92 Å². The van der Waals surface area contributed by atoms with E-state index in [1.54, 1.807) is 0 Å². The van der Waals surface area contributed by atoms with E-state index in [1.165, 1.54) is 0 Å². The first-order valence-corrected chi connectivity index (χ1v) is 6.75. The van der Waals surface area contributed by atoms with Crippen molar-refractivity contribution in [2.75, 3.05) is 38.6 Å². The second-order valence-electron chi connectivity index (χ2n) is 5.57. The molecule has 0 radical (unpaired) electrons. The Morgan fingerprint density at radius 3 is 2.37 bits per heavy atom. The van der Waals surface area contributed by atoms with Gasteiger partial charge in [-0.3, -0.25) is 5.41 Å². The first-order valence-electron chi connectivity index (χ1n) is 6.75. The number of benzene rings is 1. The third kappa shape index (κ3) is 4.91. The van der Waals surface area contributed by atoms with Crippen molar-refractivity contribution in [3.63, 3.8) is 0 Å². The number of para-hydroxylation sites is 1. The zero-order valence-corrected chi connectivity index (χ0v) is 12.5. The first kappa shape index (κ1) is 15.5. The van der Waals surface area contributed by atoms with Crippen LogP contribution in [-0.2, 0) is 0 Å². The van der Waals surface area contributed by atoms with Crippen molar-refractivity contribution >= 4 is 11.5 Å². The summed E-state index contributed by atoms with van der Waals surface area (Å²) >= 11 is 0. The van der Waals surface area contributed by atoms with E-state index in [4.69, 9.17) is 11.1 Å². The monoisotopic (exact) mass is 262 g/mol. The van der Waals surface area contributed by atoms with Gasteiger partial charge >= 0.3 is 0 Å². The highest BCUT2D eigenvalue weighted by atomic mass is 15.2. The molecule has 4 nitrogen and oxygen atoms in total. The molecule has 0 saturated carbocycles. The number of amidine groups is 1. The Morgan fingerprint density at radius 1 is 1.21 bits per heavy atom. The summed E-state index contributed by atoms with van der Waals surface area (Å²) in [6, 6.07) is 7.90. The highest BCUT2D eigenvalue weighted by molar-refractivity contribution is 6.00. The summed E-state index contributed by atoms with van der Waals surface area (Å²) in [6.07, 6.45) is 0. The van der Waals surface area contributed by atoms with Crippen molar-refractivity contribution in [3.8, 4) is 0 Å². The standard InChI is InChI=1S/C15H26N4/c1-12(2)11-19(10-9-18(3)4)14-8-6-5-7-13(14)15(16)17/h5-8,12H,9-11H2,1-4H3,(H3,16,17). The quantitative estimate of drug-likeness (QED) is 0.583. The van der Waals surface area contributed by atoms with Crippen LogP contribution in [0.2, 0.25) is 0 Å². The van der Waals surface area contributed by atoms with Gasteiger partial charge in [0.15, 0.2) is 0 Å². The van der Waals surface area contributed by atoms with Gasteiger partial charge in [0.25, 0.3) is 0 Å². The highest BCUT2D eigenvalue weighted by Gasteiger charge is 2.14. The minimum atomic E-state index is 0.134. The van der Waals surface area contributed by atoms with E-state index >= 15 is 0 Å². The fourth-order valence-electron chi connectivity index (χ4n) is 2.05. The summed E-state index contributed by atoms with van der Waals surface area (Å²) < 4.78 is 0. The average Bonchev–Trinajstić information content (AvgIpc) is 2.33. The Bertz CT molecular complexity index is 412. The van der Waals surface area contributed by atoms with Crippen LogP contribution < -0.4 is 10.6 Å². The minimum Gasteiger partial charge on any atom is -0.384 e. The van der Waals surface area contributed by atoms with Crippen LogP contribution in [0.3, 0.4) is 0 Å². The van der Waals surface area contributed by atoms with Crippen LogP contribution in [0.4, 0.5) is 5.69 Å². The number of anilines is 1. The molecular formula is C15H26N4. The predicted molar refractivity (Wildman–Crippen MR) is 83.1 cm³/mol. The molecular weight excluding hydrogens is 236 g/mol. The molecule has 0 atom stereocenters. The molecule has 0 amide bonds. The predicted octanol–water partition coefficient (Wildman–Crippen LogP) is 1.99. The van der Waals surface area contributed by atoms with Gasteiger partial charge in [-0.1, -0.05) is 26.0 Å². The number of hydrogen-bond donors (Lipinski definition) is 2. The fourth-order valence-corrected chi connectivity index (χ4v) is 2.05. The molecule has 1 aromatic rings. The van der Waals surface area contributed by atoms with E-state index in [0.717, 1.165) is 30.9 Å². The molecule has 0 spiro atoms. The van der Waals surface area contributed by atoms with Crippen molar-refractivity contribution < 1.29 is 0 Å². The summed E-state index contributed by atoms with van der Waals surface area (Å²) in [6.45, 7) is 7.31. The van der Waals surface area contributed by atoms with Crippen LogP contribution in [-0.4, -0.2) is 44.5 Å². The molecule has 106 valence electrons. The Morgan fingerprint density at radius 2 is 1.84 bits per heavy atom. The molecule has 0 fully saturated rings. The lowest BCUT2D eigenvalue weighted by molar-refractivity contribution is 0.409. The lowest BCUT2D eigenvalue weighted by Crippen LogP contribution is -2.35. The third-order valence-corrected chi connectivity index (χ3v) is 2.94. The Labute approximate surface area is 116 Å². The van der Waals surface area contributed by atoms with Crippen molar-refractivity contribution in [3.05, 3.63) is 29.8 Å². The molecule has 0 aliphatic rings. The molecule has 0 aliphatic heterocycles. The van der Waals surface area contributed by atoms with Gasteiger partial charge in [-0.25, -0.2) is 0 Å². The van der Waals surface area contributed by atoms with Gasteiger partial charge in [0.2, 0.25) is 0 Å². The summed E-state index contributed by atoms with van der Waals surface area (Å²) in [5.41, 5.74) is 7.57. The molecule has 1 rings (SSSR count). The molecule has 0 saturated heterocycles. The lowest BCUT2D eigenvalue weighted by Gasteiger charge is -2.29. The van der Waals surface area contributed by atoms with E-state index in [2.05, 4.69) is 43.8 Å². The van der Waals surface area contributed by atoms with Crippen molar-refractivity contribution in [1.29, 1.82) is 5.41 Å². The Hall–Kier alpha value is -1.55. The van der Waals surface area contributed by atoms with E-state index in [9.17, 15) is 0 Å². The lowest BCUT2D eigenvalue weighted by atomic mass is 10.1. The molecule has 0 heterocycles. The maximum absolute atomic E-state index is 7.71. The largest absolute Gasteiger partial charge is 0.384 e. The molecule has 0 bridgehead atoms. The molecule has 3 N–H and O–H groups in total. The topological polar surface area (TPSA) is 56.4 Å². The van der Waals surface area contributed by atoms with Crippen LogP contribution in [0.15, 0.2) is 24.3 Å². The van der Waals surface area contributed by atoms with Gasteiger partial charge in [-0.2, -0.15) is 0 Å². The van der Waals surface area contributed by atoms with Crippen LogP contribution in [0.5, 0.6) is 0 Å². The third-order valence-electron chi connectivity index (χ3n) is 2.94. The molecule has 0 aromatic heterocycles. The zero-order chi connectivity index (χ0) is 14.4. The first-order chi connectivity index (χ1) is 8.91. The van der Waals surface area contributed by atoms with Gasteiger partial charge < -0.3 is 15.5 Å². The van der Waals surface area contributed by atoms with Crippen LogP contribution in [0.25, 0.3) is 0 Å². The van der Waals surface area contributed by atoms with Crippen molar-refractivity contribution in [1.82, 2.24) is 4.90 Å². The summed E-state index contributed by atoms with van der Waals surface area (Å²) in [7, 11) is 4.15. The second kappa shape index (κ2) is 7.14. The Balaban J connectivity index is 2.99. The smallest absolute Gasteiger partial charge is 0.124 e. The zero-order valence-electron chi connectivity index (χ0n) is 12.5. The molecule has 19 heavy (non-hydrogen) atoms. The van der Waals surface area contributed by atoms with Gasteiger partial charge in [0.1, 0.15) is 5.84 Å². The van der Waals surface area contributed by atoms with Crippen molar-refractivity contribution in [2.24, 2.45) is 11.7 Å². The van der Waals surface area contributed by atoms with Gasteiger partial charge in [0.05, 0.1) is 0 Å². The van der Waals surface area contributed by atoms with Crippen LogP contribution >= 0.6 is 0 Å². The van der Waals surface area contributed by atoms with E-state index in [1.807, 2.05) is 18.2 Å². The number of nitrogens with one attached hydrogen (secondary N) is 1. The maximum Gasteiger partial charge on any atom is 0.124 e. The molecule has 0 aliphatic carbocycles. The van der Waals surface area contributed by atoms with Gasteiger partial charge in [-0.05, 0) is 32.1 Å². The number of hydrogen-bond acceptors (Lipinski definition) is 3. The summed E-state index contributed by atoms with van der Waals surface area (Å²) in [5, 5.41) is 7.71. The van der Waals surface area contributed by atoms with Crippen molar-refractivity contribution in [2.45, 2.75) is 13.8 Å². The van der Waals surface area contributed by atoms with E-state index < -0.39 is 0 Å². The number of nitrogen functional groups attached to an aromatic ring is 1. The molecule has 0 unspecified atom stereocenters. The second-order valence-corrected chi connectivity index (χ2v) is 5.57. The fraction of sp³-hybridized carbons (Fsp3) is 0.533. The van der Waals surface area contributed by atoms with Gasteiger partial charge in [0, 0.05) is 30.9 Å². The van der Waals surface area contributed by atoms with Crippen LogP contribution in [0.1, 0.15) is 19.4 Å². The molecule has 4 heteroatoms. The summed E-state index contributed by atoms with van der Waals surface area (Å²) in [4.78, 5) is 4.49. The maximum atomic E-state index is 7.71. The number of likely N-dealkylation sites (N-methyl/N-ethyl adjacent to an activating group) is 1. The molecule has 1 aromatic carbocycles. The number of nitrogens with zero attached hydrogens (tertiary/aromatic N) is 2. The minimum absolute atomic E-state index is 0.134. The summed E-state index contributed by atoms with van der Waals surface area (Å²) in [5.74, 6) is 0.705. The number of rotatable bonds is 7. The average molecular weight is 262 g/mol. The van der Waals surface area contributed by atoms with Crippen LogP contribution in [0, 0.1) is 11.3 Å².